The van der Waals surface area contributed by atoms with E-state index in [2.05, 4.69) is 34.5 Å². The van der Waals surface area contributed by atoms with Gasteiger partial charge < -0.3 is 10.6 Å². The van der Waals surface area contributed by atoms with E-state index in [4.69, 9.17) is 0 Å². The van der Waals surface area contributed by atoms with E-state index in [1.54, 1.807) is 13.1 Å². The van der Waals surface area contributed by atoms with Gasteiger partial charge in [-0.1, -0.05) is 18.2 Å². The monoisotopic (exact) mass is 434 g/mol. The minimum atomic E-state index is -0.146. The Balaban J connectivity index is 0.00000264. The van der Waals surface area contributed by atoms with Crippen molar-refractivity contribution in [1.82, 2.24) is 15.5 Å². The van der Waals surface area contributed by atoms with Crippen molar-refractivity contribution in [3.8, 4) is 0 Å². The van der Waals surface area contributed by atoms with E-state index in [9.17, 15) is 4.39 Å². The molecule has 4 nitrogen and oxygen atoms in total. The molecule has 1 aromatic carbocycles. The van der Waals surface area contributed by atoms with Crippen LogP contribution >= 0.6 is 24.0 Å². The second kappa shape index (κ2) is 10.1. The Bertz CT molecular complexity index is 505. The predicted molar refractivity (Wildman–Crippen MR) is 105 cm³/mol. The lowest BCUT2D eigenvalue weighted by Gasteiger charge is -2.25. The van der Waals surface area contributed by atoms with Gasteiger partial charge in [-0.05, 0) is 44.9 Å². The second-order valence-electron chi connectivity index (χ2n) is 5.97. The molecule has 0 spiro atoms. The Kier molecular flexibility index (Phi) is 8.83. The van der Waals surface area contributed by atoms with Gasteiger partial charge in [0.25, 0.3) is 0 Å². The predicted octanol–water partition coefficient (Wildman–Crippen LogP) is 2.63. The van der Waals surface area contributed by atoms with Crippen LogP contribution in [0.15, 0.2) is 29.3 Å². The number of aliphatic imine (C=N–C) groups is 1. The molecular formula is C17H28FIN4. The van der Waals surface area contributed by atoms with Crippen LogP contribution in [-0.2, 0) is 6.42 Å². The molecular weight excluding hydrogens is 406 g/mol. The van der Waals surface area contributed by atoms with Crippen molar-refractivity contribution in [3.05, 3.63) is 35.6 Å². The fourth-order valence-electron chi connectivity index (χ4n) is 2.47. The molecule has 1 aliphatic rings. The molecule has 0 amide bonds. The van der Waals surface area contributed by atoms with E-state index < -0.39 is 0 Å². The van der Waals surface area contributed by atoms with Gasteiger partial charge in [0, 0.05) is 32.2 Å². The summed E-state index contributed by atoms with van der Waals surface area (Å²) in [5.74, 6) is 0.624. The Morgan fingerprint density at radius 1 is 1.35 bits per heavy atom. The third kappa shape index (κ3) is 6.63. The second-order valence-corrected chi connectivity index (χ2v) is 5.97. The van der Waals surface area contributed by atoms with Crippen molar-refractivity contribution in [2.75, 3.05) is 27.2 Å². The van der Waals surface area contributed by atoms with E-state index in [0.717, 1.165) is 24.1 Å². The van der Waals surface area contributed by atoms with Crippen LogP contribution < -0.4 is 10.6 Å². The molecule has 0 radical (unpaired) electrons. The summed E-state index contributed by atoms with van der Waals surface area (Å²) < 4.78 is 13.5. The summed E-state index contributed by atoms with van der Waals surface area (Å²) in [6.07, 6.45) is 3.28. The number of nitrogens with one attached hydrogen (secondary N) is 2. The molecule has 2 rings (SSSR count). The molecule has 0 aliphatic heterocycles. The summed E-state index contributed by atoms with van der Waals surface area (Å²) in [6.45, 7) is 3.73. The van der Waals surface area contributed by atoms with Crippen LogP contribution in [0, 0.1) is 5.82 Å². The zero-order valence-corrected chi connectivity index (χ0v) is 16.5. The van der Waals surface area contributed by atoms with Crippen molar-refractivity contribution in [3.63, 3.8) is 0 Å². The van der Waals surface area contributed by atoms with E-state index in [0.29, 0.717) is 19.0 Å². The van der Waals surface area contributed by atoms with Gasteiger partial charge >= 0.3 is 0 Å². The molecule has 1 unspecified atom stereocenters. The summed E-state index contributed by atoms with van der Waals surface area (Å²) in [6, 6.07) is 8.12. The van der Waals surface area contributed by atoms with Crippen molar-refractivity contribution < 1.29 is 4.39 Å². The van der Waals surface area contributed by atoms with Crippen LogP contribution in [-0.4, -0.2) is 50.1 Å². The largest absolute Gasteiger partial charge is 0.356 e. The SMILES string of the molecule is CN=C(NCCc1ccccc1F)NCC(C)N(C)C1CC1.I. The quantitative estimate of drug-likeness (QED) is 0.394. The number of hydrogen-bond acceptors (Lipinski definition) is 2. The molecule has 0 bridgehead atoms. The molecule has 130 valence electrons. The van der Waals surface area contributed by atoms with Gasteiger partial charge in [0.2, 0.25) is 0 Å². The van der Waals surface area contributed by atoms with E-state index >= 15 is 0 Å². The van der Waals surface area contributed by atoms with Gasteiger partial charge in [-0.3, -0.25) is 9.89 Å². The highest BCUT2D eigenvalue weighted by molar-refractivity contribution is 14.0. The molecule has 0 saturated heterocycles. The lowest BCUT2D eigenvalue weighted by atomic mass is 10.1. The van der Waals surface area contributed by atoms with Crippen molar-refractivity contribution >= 4 is 29.9 Å². The highest BCUT2D eigenvalue weighted by Gasteiger charge is 2.28. The number of benzene rings is 1. The first-order valence-electron chi connectivity index (χ1n) is 8.01. The molecule has 1 aliphatic carbocycles. The maximum atomic E-state index is 13.5. The van der Waals surface area contributed by atoms with Gasteiger partial charge in [0.1, 0.15) is 5.82 Å². The standard InChI is InChI=1S/C17H27FN4.HI/c1-13(22(3)15-8-9-15)12-21-17(19-2)20-11-10-14-6-4-5-7-16(14)18;/h4-7,13,15H,8-12H2,1-3H3,(H2,19,20,21);1H. The smallest absolute Gasteiger partial charge is 0.191 e. The first kappa shape index (κ1) is 20.2. The molecule has 1 saturated carbocycles. The van der Waals surface area contributed by atoms with Gasteiger partial charge in [0.15, 0.2) is 5.96 Å². The summed E-state index contributed by atoms with van der Waals surface area (Å²) in [7, 11) is 3.94. The Morgan fingerprint density at radius 3 is 2.65 bits per heavy atom. The molecule has 1 fully saturated rings. The first-order chi connectivity index (χ1) is 10.6. The van der Waals surface area contributed by atoms with Crippen LogP contribution in [0.3, 0.4) is 0 Å². The third-order valence-corrected chi connectivity index (χ3v) is 4.25. The number of rotatable bonds is 7. The zero-order chi connectivity index (χ0) is 15.9. The van der Waals surface area contributed by atoms with Crippen molar-refractivity contribution in [2.24, 2.45) is 4.99 Å². The number of halogens is 2. The Hall–Kier alpha value is -0.890. The molecule has 23 heavy (non-hydrogen) atoms. The fourth-order valence-corrected chi connectivity index (χ4v) is 2.47. The molecule has 2 N–H and O–H groups in total. The normalized spacial score (nSPS) is 16.0. The third-order valence-electron chi connectivity index (χ3n) is 4.25. The van der Waals surface area contributed by atoms with Crippen LogP contribution in [0.2, 0.25) is 0 Å². The summed E-state index contributed by atoms with van der Waals surface area (Å²) in [5.41, 5.74) is 0.729. The maximum Gasteiger partial charge on any atom is 0.191 e. The fraction of sp³-hybridized carbons (Fsp3) is 0.588. The minimum absolute atomic E-state index is 0. The average Bonchev–Trinajstić information content (AvgIpc) is 3.36. The number of guanidine groups is 1. The summed E-state index contributed by atoms with van der Waals surface area (Å²) in [5, 5.41) is 6.58. The maximum absolute atomic E-state index is 13.5. The minimum Gasteiger partial charge on any atom is -0.356 e. The Labute approximate surface area is 156 Å². The first-order valence-corrected chi connectivity index (χ1v) is 8.01. The van der Waals surface area contributed by atoms with E-state index in [1.807, 2.05) is 12.1 Å². The number of nitrogens with zero attached hydrogens (tertiary/aromatic N) is 2. The summed E-state index contributed by atoms with van der Waals surface area (Å²) >= 11 is 0. The van der Waals surface area contributed by atoms with Gasteiger partial charge in [0.05, 0.1) is 0 Å². The van der Waals surface area contributed by atoms with Crippen LogP contribution in [0.5, 0.6) is 0 Å². The van der Waals surface area contributed by atoms with E-state index in [1.165, 1.54) is 18.9 Å². The van der Waals surface area contributed by atoms with Gasteiger partial charge in [-0.15, -0.1) is 24.0 Å². The zero-order valence-electron chi connectivity index (χ0n) is 14.2. The summed E-state index contributed by atoms with van der Waals surface area (Å²) in [4.78, 5) is 6.63. The molecule has 1 atom stereocenters. The van der Waals surface area contributed by atoms with E-state index in [-0.39, 0.29) is 29.8 Å². The highest BCUT2D eigenvalue weighted by atomic mass is 127. The average molecular weight is 434 g/mol. The molecule has 1 aromatic rings. The molecule has 0 heterocycles. The Morgan fingerprint density at radius 2 is 2.04 bits per heavy atom. The highest BCUT2D eigenvalue weighted by Crippen LogP contribution is 2.26. The number of likely N-dealkylation sites (N-methyl/N-ethyl adjacent to an activating group) is 1. The number of hydrogen-bond donors (Lipinski definition) is 2. The lowest BCUT2D eigenvalue weighted by Crippen LogP contribution is -2.45. The van der Waals surface area contributed by atoms with Crippen molar-refractivity contribution in [1.29, 1.82) is 0 Å². The molecule has 0 aromatic heterocycles. The molecule has 6 heteroatoms. The van der Waals surface area contributed by atoms with Crippen molar-refractivity contribution in [2.45, 2.75) is 38.3 Å². The van der Waals surface area contributed by atoms with Gasteiger partial charge in [-0.25, -0.2) is 4.39 Å². The van der Waals surface area contributed by atoms with Crippen LogP contribution in [0.1, 0.15) is 25.3 Å². The van der Waals surface area contributed by atoms with Gasteiger partial charge in [-0.2, -0.15) is 0 Å². The van der Waals surface area contributed by atoms with Crippen LogP contribution in [0.25, 0.3) is 0 Å². The van der Waals surface area contributed by atoms with Crippen LogP contribution in [0.4, 0.5) is 4.39 Å². The topological polar surface area (TPSA) is 39.7 Å². The lowest BCUT2D eigenvalue weighted by molar-refractivity contribution is 0.247.